The summed E-state index contributed by atoms with van der Waals surface area (Å²) in [4.78, 5) is 35.3. The fourth-order valence-electron chi connectivity index (χ4n) is 5.64. The van der Waals surface area contributed by atoms with Crippen molar-refractivity contribution in [1.82, 2.24) is 25.1 Å². The molecule has 1 spiro atoms. The van der Waals surface area contributed by atoms with E-state index >= 15 is 0 Å². The molecule has 170 valence electrons. The Morgan fingerprint density at radius 2 is 2.00 bits per heavy atom. The zero-order valence-electron chi connectivity index (χ0n) is 17.4. The molecule has 1 aromatic heterocycles. The van der Waals surface area contributed by atoms with Gasteiger partial charge in [-0.25, -0.2) is 14.8 Å². The number of carbonyl (C=O) groups excluding carboxylic acids is 2. The molecule has 12 heteroatoms. The van der Waals surface area contributed by atoms with Gasteiger partial charge in [0.05, 0.1) is 6.10 Å². The highest BCUT2D eigenvalue weighted by atomic mass is 19.4. The standard InChI is InChI=1S/C20H23BF3N5O3/c21-19-10-28(2-1-15(19)32-7-16(30)27-19)17(31)29-8-18(9-29)5-12(6-18)3-13-4-14(20(22,23)24)26-11-25-13/h4,11-12,15H,1-3,5-10H2,(H,27,30)/t15-,19+/m0/s1. The largest absolute Gasteiger partial charge is 0.433 e. The van der Waals surface area contributed by atoms with Crippen LogP contribution in [-0.4, -0.2) is 83.9 Å². The SMILES string of the molecule is [B][C@@]12CN(C(=O)N3CC4(CC(Cc5cc(C(F)(F)F)ncn5)C4)C3)CC[C@@H]1OCC(=O)N2. The number of piperidine rings is 1. The molecular formula is C20H23BF3N5O3. The van der Waals surface area contributed by atoms with E-state index in [4.69, 9.17) is 12.6 Å². The van der Waals surface area contributed by atoms with E-state index in [9.17, 15) is 22.8 Å². The van der Waals surface area contributed by atoms with Crippen LogP contribution in [0.2, 0.25) is 0 Å². The van der Waals surface area contributed by atoms with Crippen molar-refractivity contribution in [2.75, 3.05) is 32.8 Å². The summed E-state index contributed by atoms with van der Waals surface area (Å²) in [7, 11) is 6.31. The molecular weight excluding hydrogens is 426 g/mol. The Bertz CT molecular complexity index is 933. The Balaban J connectivity index is 1.12. The molecule has 4 heterocycles. The van der Waals surface area contributed by atoms with E-state index < -0.39 is 17.3 Å². The third kappa shape index (κ3) is 3.82. The van der Waals surface area contributed by atoms with Crippen LogP contribution in [0.4, 0.5) is 18.0 Å². The highest BCUT2D eigenvalue weighted by molar-refractivity contribution is 6.18. The number of rotatable bonds is 2. The lowest BCUT2D eigenvalue weighted by Gasteiger charge is -2.60. The summed E-state index contributed by atoms with van der Waals surface area (Å²) in [6, 6.07) is 0.912. The van der Waals surface area contributed by atoms with E-state index in [1.807, 2.05) is 0 Å². The first-order chi connectivity index (χ1) is 15.1. The van der Waals surface area contributed by atoms with Crippen molar-refractivity contribution < 1.29 is 27.5 Å². The summed E-state index contributed by atoms with van der Waals surface area (Å²) >= 11 is 0. The van der Waals surface area contributed by atoms with Gasteiger partial charge in [0.2, 0.25) is 5.91 Å². The van der Waals surface area contributed by atoms with E-state index in [1.165, 1.54) is 0 Å². The van der Waals surface area contributed by atoms with Gasteiger partial charge in [-0.3, -0.25) is 4.79 Å². The summed E-state index contributed by atoms with van der Waals surface area (Å²) in [6.45, 7) is 1.95. The number of hydrogen-bond donors (Lipinski definition) is 1. The van der Waals surface area contributed by atoms with Crippen LogP contribution in [0, 0.1) is 11.3 Å². The van der Waals surface area contributed by atoms with Gasteiger partial charge < -0.3 is 19.9 Å². The first kappa shape index (κ1) is 21.5. The summed E-state index contributed by atoms with van der Waals surface area (Å²) in [5.74, 6) is -0.0339. The molecule has 2 radical (unpaired) electrons. The predicted molar refractivity (Wildman–Crippen MR) is 105 cm³/mol. The molecule has 3 amide bonds. The van der Waals surface area contributed by atoms with Gasteiger partial charge in [0.15, 0.2) is 0 Å². The number of morpholine rings is 1. The minimum atomic E-state index is -4.48. The zero-order chi connectivity index (χ0) is 22.7. The normalized spacial score (nSPS) is 29.7. The molecule has 32 heavy (non-hydrogen) atoms. The molecule has 5 rings (SSSR count). The number of ether oxygens (including phenoxy) is 1. The summed E-state index contributed by atoms with van der Waals surface area (Å²) in [6.07, 6.45) is -1.07. The molecule has 0 bridgehead atoms. The van der Waals surface area contributed by atoms with Gasteiger partial charge in [0.1, 0.15) is 26.5 Å². The van der Waals surface area contributed by atoms with E-state index in [2.05, 4.69) is 15.3 Å². The third-order valence-corrected chi connectivity index (χ3v) is 7.02. The number of nitrogens with one attached hydrogen (secondary N) is 1. The van der Waals surface area contributed by atoms with Gasteiger partial charge in [-0.2, -0.15) is 13.2 Å². The smallest absolute Gasteiger partial charge is 0.367 e. The second-order valence-electron chi connectivity index (χ2n) is 9.61. The van der Waals surface area contributed by atoms with Crippen molar-refractivity contribution >= 4 is 19.8 Å². The first-order valence-electron chi connectivity index (χ1n) is 10.7. The quantitative estimate of drug-likeness (QED) is 0.680. The van der Waals surface area contributed by atoms with Crippen molar-refractivity contribution in [1.29, 1.82) is 0 Å². The molecule has 8 nitrogen and oxygen atoms in total. The number of hydrogen-bond acceptors (Lipinski definition) is 5. The molecule has 1 saturated carbocycles. The van der Waals surface area contributed by atoms with Crippen LogP contribution < -0.4 is 5.32 Å². The van der Waals surface area contributed by atoms with Crippen LogP contribution in [0.3, 0.4) is 0 Å². The van der Waals surface area contributed by atoms with Crippen molar-refractivity contribution in [3.63, 3.8) is 0 Å². The predicted octanol–water partition coefficient (Wildman–Crippen LogP) is 0.955. The van der Waals surface area contributed by atoms with Crippen LogP contribution in [-0.2, 0) is 22.1 Å². The first-order valence-corrected chi connectivity index (χ1v) is 10.7. The Labute approximate surface area is 184 Å². The van der Waals surface area contributed by atoms with Gasteiger partial charge in [-0.05, 0) is 37.7 Å². The molecule has 1 N–H and O–H groups in total. The van der Waals surface area contributed by atoms with Crippen molar-refractivity contribution in [3.05, 3.63) is 23.8 Å². The number of alkyl halides is 3. The van der Waals surface area contributed by atoms with Gasteiger partial charge in [0, 0.05) is 42.7 Å². The lowest BCUT2D eigenvalue weighted by molar-refractivity contribution is -0.143. The third-order valence-electron chi connectivity index (χ3n) is 7.02. The lowest BCUT2D eigenvalue weighted by atomic mass is 9.57. The topological polar surface area (TPSA) is 87.7 Å². The summed E-state index contributed by atoms with van der Waals surface area (Å²) < 4.78 is 44.0. The van der Waals surface area contributed by atoms with Crippen molar-refractivity contribution in [2.45, 2.75) is 43.4 Å². The molecule has 3 aliphatic heterocycles. The maximum atomic E-state index is 12.9. The van der Waals surface area contributed by atoms with E-state index in [0.717, 1.165) is 25.2 Å². The van der Waals surface area contributed by atoms with Crippen LogP contribution in [0.25, 0.3) is 0 Å². The molecule has 3 saturated heterocycles. The van der Waals surface area contributed by atoms with E-state index in [1.54, 1.807) is 9.80 Å². The van der Waals surface area contributed by atoms with Crippen molar-refractivity contribution in [2.24, 2.45) is 11.3 Å². The van der Waals surface area contributed by atoms with Gasteiger partial charge in [0.25, 0.3) is 0 Å². The fourth-order valence-corrected chi connectivity index (χ4v) is 5.64. The van der Waals surface area contributed by atoms with Crippen LogP contribution in [0.1, 0.15) is 30.7 Å². The molecule has 1 aromatic rings. The molecule has 4 fully saturated rings. The van der Waals surface area contributed by atoms with Gasteiger partial charge >= 0.3 is 12.2 Å². The minimum Gasteiger partial charge on any atom is -0.367 e. The Kier molecular flexibility index (Phi) is 4.92. The molecule has 1 aliphatic carbocycles. The highest BCUT2D eigenvalue weighted by Crippen LogP contribution is 2.53. The summed E-state index contributed by atoms with van der Waals surface area (Å²) in [5.41, 5.74) is -1.55. The average molecular weight is 449 g/mol. The van der Waals surface area contributed by atoms with E-state index in [0.29, 0.717) is 38.2 Å². The summed E-state index contributed by atoms with van der Waals surface area (Å²) in [5, 5.41) is 2.76. The van der Waals surface area contributed by atoms with Gasteiger partial charge in [-0.15, -0.1) is 0 Å². The zero-order valence-corrected chi connectivity index (χ0v) is 17.4. The van der Waals surface area contributed by atoms with Crippen molar-refractivity contribution in [3.8, 4) is 0 Å². The molecule has 4 aliphatic rings. The number of aromatic nitrogens is 2. The Morgan fingerprint density at radius 3 is 2.72 bits per heavy atom. The molecule has 2 atom stereocenters. The van der Waals surface area contributed by atoms with Crippen LogP contribution >= 0.6 is 0 Å². The number of amides is 3. The number of likely N-dealkylation sites (tertiary alicyclic amines) is 2. The number of halogens is 3. The maximum Gasteiger partial charge on any atom is 0.433 e. The lowest BCUT2D eigenvalue weighted by Crippen LogP contribution is -2.73. The second kappa shape index (κ2) is 7.33. The molecule has 0 aromatic carbocycles. The minimum absolute atomic E-state index is 0.0140. The van der Waals surface area contributed by atoms with E-state index in [-0.39, 0.29) is 42.5 Å². The average Bonchev–Trinajstić information content (AvgIpc) is 2.66. The Hall–Kier alpha value is -2.37. The maximum absolute atomic E-state index is 12.9. The monoisotopic (exact) mass is 449 g/mol. The Morgan fingerprint density at radius 1 is 1.25 bits per heavy atom. The number of carbonyl (C=O) groups is 2. The number of nitrogens with zero attached hydrogens (tertiary/aromatic N) is 4. The second-order valence-corrected chi connectivity index (χ2v) is 9.61. The van der Waals surface area contributed by atoms with Gasteiger partial charge in [-0.1, -0.05) is 0 Å². The molecule has 0 unspecified atom stereocenters. The van der Waals surface area contributed by atoms with Crippen LogP contribution in [0.5, 0.6) is 0 Å². The highest BCUT2D eigenvalue weighted by Gasteiger charge is 2.55. The number of urea groups is 1. The fraction of sp³-hybridized carbons (Fsp3) is 0.700. The number of fused-ring (bicyclic) bond motifs is 1. The van der Waals surface area contributed by atoms with Crippen LogP contribution in [0.15, 0.2) is 12.4 Å².